The molecule has 11 heteroatoms. The number of ether oxygens (including phenoxy) is 4. The van der Waals surface area contributed by atoms with E-state index >= 15 is 0 Å². The van der Waals surface area contributed by atoms with Gasteiger partial charge in [0.2, 0.25) is 6.29 Å². The van der Waals surface area contributed by atoms with Crippen molar-refractivity contribution in [3.63, 3.8) is 0 Å². The molecule has 5 atom stereocenters. The zero-order valence-electron chi connectivity index (χ0n) is 26.0. The third-order valence-electron chi connectivity index (χ3n) is 7.70. The van der Waals surface area contributed by atoms with Crippen molar-refractivity contribution in [1.82, 2.24) is 0 Å². The van der Waals surface area contributed by atoms with E-state index in [4.69, 9.17) is 23.4 Å². The first kappa shape index (κ1) is 33.4. The first-order valence-corrected chi connectivity index (χ1v) is 14.9. The molecule has 1 aromatic heterocycles. The van der Waals surface area contributed by atoms with E-state index in [1.807, 2.05) is 26.0 Å². The average Bonchev–Trinajstić information content (AvgIpc) is 3.06. The molecule has 1 fully saturated rings. The maximum Gasteiger partial charge on any atom is 0.331 e. The van der Waals surface area contributed by atoms with E-state index in [1.54, 1.807) is 25.3 Å². The molecule has 1 aliphatic rings. The minimum absolute atomic E-state index is 0.0644. The van der Waals surface area contributed by atoms with E-state index in [9.17, 15) is 30.0 Å². The molecule has 0 amide bonds. The number of aliphatic hydroxyl groups is 3. The van der Waals surface area contributed by atoms with Crippen molar-refractivity contribution >= 4 is 23.0 Å². The summed E-state index contributed by atoms with van der Waals surface area (Å²) >= 11 is 0. The van der Waals surface area contributed by atoms with Gasteiger partial charge in [-0.2, -0.15) is 0 Å². The van der Waals surface area contributed by atoms with Gasteiger partial charge in [0.25, 0.3) is 0 Å². The van der Waals surface area contributed by atoms with E-state index in [-0.39, 0.29) is 27.9 Å². The largest absolute Gasteiger partial charge is 0.508 e. The van der Waals surface area contributed by atoms with Gasteiger partial charge in [0.05, 0.1) is 24.7 Å². The summed E-state index contributed by atoms with van der Waals surface area (Å²) in [6.07, 6.45) is -0.789. The lowest BCUT2D eigenvalue weighted by atomic mass is 9.99. The van der Waals surface area contributed by atoms with Crippen molar-refractivity contribution in [2.24, 2.45) is 0 Å². The second-order valence-electron chi connectivity index (χ2n) is 11.3. The molecule has 2 heterocycles. The fourth-order valence-corrected chi connectivity index (χ4v) is 5.13. The topological polar surface area (TPSA) is 165 Å². The van der Waals surface area contributed by atoms with Crippen LogP contribution in [0.4, 0.5) is 0 Å². The Morgan fingerprint density at radius 3 is 2.47 bits per heavy atom. The number of rotatable bonds is 10. The number of fused-ring (bicyclic) bond motifs is 1. The number of benzene rings is 3. The summed E-state index contributed by atoms with van der Waals surface area (Å²) in [6, 6.07) is 16.0. The second kappa shape index (κ2) is 14.7. The first-order valence-electron chi connectivity index (χ1n) is 14.9. The lowest BCUT2D eigenvalue weighted by Crippen LogP contribution is -2.61. The van der Waals surface area contributed by atoms with Gasteiger partial charge in [-0.25, -0.2) is 4.79 Å². The predicted molar refractivity (Wildman–Crippen MR) is 173 cm³/mol. The van der Waals surface area contributed by atoms with E-state index in [2.05, 4.69) is 6.08 Å². The molecule has 0 bridgehead atoms. The molecule has 1 aliphatic heterocycles. The molecule has 47 heavy (non-hydrogen) atoms. The number of esters is 1. The van der Waals surface area contributed by atoms with Gasteiger partial charge >= 0.3 is 5.97 Å². The van der Waals surface area contributed by atoms with E-state index in [0.717, 1.165) is 17.2 Å². The molecule has 0 spiro atoms. The van der Waals surface area contributed by atoms with E-state index in [1.165, 1.54) is 42.7 Å². The monoisotopic (exact) mass is 644 g/mol. The van der Waals surface area contributed by atoms with Gasteiger partial charge in [-0.05, 0) is 79.4 Å². The fraction of sp³-hybridized carbons (Fsp3) is 0.278. The third-order valence-corrected chi connectivity index (χ3v) is 7.70. The quantitative estimate of drug-likeness (QED) is 0.111. The van der Waals surface area contributed by atoms with Gasteiger partial charge in [-0.1, -0.05) is 29.8 Å². The van der Waals surface area contributed by atoms with Crippen LogP contribution in [0.2, 0.25) is 0 Å². The minimum Gasteiger partial charge on any atom is -0.508 e. The summed E-state index contributed by atoms with van der Waals surface area (Å²) < 4.78 is 28.4. The van der Waals surface area contributed by atoms with Crippen LogP contribution in [0.3, 0.4) is 0 Å². The van der Waals surface area contributed by atoms with Crippen molar-refractivity contribution in [3.8, 4) is 28.4 Å². The molecule has 11 nitrogen and oxygen atoms in total. The number of methoxy groups -OCH3 is 1. The van der Waals surface area contributed by atoms with Crippen LogP contribution < -0.4 is 14.9 Å². The van der Waals surface area contributed by atoms with Crippen LogP contribution in [-0.2, 0) is 20.7 Å². The molecule has 5 rings (SSSR count). The van der Waals surface area contributed by atoms with Crippen LogP contribution >= 0.6 is 0 Å². The Kier molecular flexibility index (Phi) is 10.4. The highest BCUT2D eigenvalue weighted by Crippen LogP contribution is 2.30. The molecule has 0 saturated carbocycles. The van der Waals surface area contributed by atoms with Crippen LogP contribution in [0.25, 0.3) is 28.2 Å². The van der Waals surface area contributed by atoms with Gasteiger partial charge < -0.3 is 43.8 Å². The number of aromatic hydroxyl groups is 1. The number of hydrogen-bond donors (Lipinski definition) is 4. The highest BCUT2D eigenvalue weighted by Gasteiger charge is 2.47. The molecular weight excluding hydrogens is 608 g/mol. The Labute approximate surface area is 270 Å². The van der Waals surface area contributed by atoms with Crippen LogP contribution in [0.5, 0.6) is 17.2 Å². The second-order valence-corrected chi connectivity index (χ2v) is 11.3. The summed E-state index contributed by atoms with van der Waals surface area (Å²) in [5, 5.41) is 40.7. The summed E-state index contributed by atoms with van der Waals surface area (Å²) in [5.74, 6) is 0.0533. The maximum atomic E-state index is 13.5. The van der Waals surface area contributed by atoms with Crippen LogP contribution in [0, 0.1) is 0 Å². The Morgan fingerprint density at radius 2 is 1.77 bits per heavy atom. The van der Waals surface area contributed by atoms with Gasteiger partial charge in [0, 0.05) is 12.1 Å². The Hall–Kier alpha value is -4.94. The number of allylic oxidation sites excluding steroid dienone is 2. The Morgan fingerprint density at radius 1 is 1.00 bits per heavy atom. The summed E-state index contributed by atoms with van der Waals surface area (Å²) in [6.45, 7) is 3.37. The average molecular weight is 645 g/mol. The third kappa shape index (κ3) is 7.72. The van der Waals surface area contributed by atoms with Gasteiger partial charge in [0.1, 0.15) is 47.4 Å². The number of aliphatic hydroxyl groups excluding tert-OH is 3. The van der Waals surface area contributed by atoms with E-state index < -0.39 is 43.3 Å². The number of phenols is 1. The minimum atomic E-state index is -1.66. The molecule has 5 unspecified atom stereocenters. The highest BCUT2D eigenvalue weighted by atomic mass is 16.7. The fourth-order valence-electron chi connectivity index (χ4n) is 5.13. The zero-order valence-corrected chi connectivity index (χ0v) is 26.0. The standard InChI is InChI=1S/C36H36O11/c1-20(2)4-8-23-16-22(9-14-28(23)43-3)27-19-44-29-17-25(12-13-26(29)32(27)40)45-36-35(34(42)33(41)30(18-37)46-36)47-31(39)15-7-21-5-10-24(38)11-6-21/h4-7,9-17,19,30,33-38,41-42H,8,18H2,1-3H3. The molecule has 4 aromatic rings. The number of carbonyl (C=O) groups excluding carboxylic acids is 1. The summed E-state index contributed by atoms with van der Waals surface area (Å²) in [7, 11) is 1.60. The van der Waals surface area contributed by atoms with Crippen LogP contribution in [0.1, 0.15) is 25.0 Å². The summed E-state index contributed by atoms with van der Waals surface area (Å²) in [4.78, 5) is 26.2. The number of carbonyl (C=O) groups is 1. The van der Waals surface area contributed by atoms with Crippen molar-refractivity contribution in [1.29, 1.82) is 0 Å². The smallest absolute Gasteiger partial charge is 0.331 e. The van der Waals surface area contributed by atoms with Crippen molar-refractivity contribution in [2.45, 2.75) is 51.0 Å². The molecule has 1 saturated heterocycles. The normalized spacial score (nSPS) is 21.0. The van der Waals surface area contributed by atoms with Crippen molar-refractivity contribution in [2.75, 3.05) is 13.7 Å². The number of phenolic OH excluding ortho intramolecular Hbond substituents is 1. The van der Waals surface area contributed by atoms with E-state index in [0.29, 0.717) is 28.9 Å². The Balaban J connectivity index is 1.39. The molecule has 4 N–H and O–H groups in total. The van der Waals surface area contributed by atoms with Gasteiger partial charge in [-0.3, -0.25) is 4.79 Å². The predicted octanol–water partition coefficient (Wildman–Crippen LogP) is 4.13. The number of hydrogen-bond acceptors (Lipinski definition) is 11. The van der Waals surface area contributed by atoms with Crippen molar-refractivity contribution < 1.29 is 48.6 Å². The lowest BCUT2D eigenvalue weighted by Gasteiger charge is -2.41. The SMILES string of the molecule is COc1ccc(-c2coc3cc(OC4OC(CO)C(O)C(O)C4OC(=O)C=Cc4ccc(O)cc4)ccc3c2=O)cc1CC=C(C)C. The van der Waals surface area contributed by atoms with Crippen LogP contribution in [0.15, 0.2) is 93.9 Å². The van der Waals surface area contributed by atoms with Gasteiger partial charge in [0.15, 0.2) is 11.5 Å². The summed E-state index contributed by atoms with van der Waals surface area (Å²) in [5.41, 5.74) is 3.64. The molecular formula is C36H36O11. The van der Waals surface area contributed by atoms with Gasteiger partial charge in [-0.15, -0.1) is 0 Å². The molecule has 0 aliphatic carbocycles. The molecule has 3 aromatic carbocycles. The van der Waals surface area contributed by atoms with Crippen LogP contribution in [-0.4, -0.2) is 70.8 Å². The Bertz CT molecular complexity index is 1840. The molecule has 0 radical (unpaired) electrons. The van der Waals surface area contributed by atoms with Crippen molar-refractivity contribution in [3.05, 3.63) is 106 Å². The zero-order chi connectivity index (χ0) is 33.7. The highest BCUT2D eigenvalue weighted by molar-refractivity contribution is 5.87. The molecule has 246 valence electrons. The maximum absolute atomic E-state index is 13.5. The lowest BCUT2D eigenvalue weighted by molar-refractivity contribution is -0.281. The first-order chi connectivity index (χ1) is 22.6.